The SMILES string of the molecule is CCOCCNc1nc(S(C)=O)nc2c(/C=C3\CC(=O)NC3=O)cnn12. The minimum Gasteiger partial charge on any atom is -0.380 e. The Bertz CT molecular complexity index is 922. The Morgan fingerprint density at radius 2 is 2.23 bits per heavy atom. The number of nitrogens with one attached hydrogen (secondary N) is 2. The van der Waals surface area contributed by atoms with Crippen molar-refractivity contribution in [1.82, 2.24) is 24.9 Å². The molecule has 2 amide bonds. The first-order chi connectivity index (χ1) is 12.5. The first-order valence-electron chi connectivity index (χ1n) is 7.95. The molecule has 10 nitrogen and oxygen atoms in total. The number of amides is 2. The van der Waals surface area contributed by atoms with Gasteiger partial charge in [-0.05, 0) is 13.0 Å². The molecule has 3 heterocycles. The Balaban J connectivity index is 2.00. The van der Waals surface area contributed by atoms with E-state index in [2.05, 4.69) is 25.7 Å². The van der Waals surface area contributed by atoms with Crippen LogP contribution in [-0.4, -0.2) is 61.6 Å². The summed E-state index contributed by atoms with van der Waals surface area (Å²) in [6.45, 7) is 3.47. The summed E-state index contributed by atoms with van der Waals surface area (Å²) < 4.78 is 18.6. The van der Waals surface area contributed by atoms with E-state index in [1.54, 1.807) is 6.08 Å². The Kier molecular flexibility index (Phi) is 5.38. The van der Waals surface area contributed by atoms with Gasteiger partial charge in [-0.3, -0.25) is 19.1 Å². The minimum absolute atomic E-state index is 0.00723. The highest BCUT2D eigenvalue weighted by Gasteiger charge is 2.24. The Hall–Kier alpha value is -2.66. The molecule has 1 fully saturated rings. The van der Waals surface area contributed by atoms with Crippen LogP contribution in [0, 0.1) is 0 Å². The predicted octanol–water partition coefficient (Wildman–Crippen LogP) is -0.260. The van der Waals surface area contributed by atoms with Crippen molar-refractivity contribution >= 4 is 40.3 Å². The molecule has 0 saturated carbocycles. The molecule has 1 aliphatic rings. The summed E-state index contributed by atoms with van der Waals surface area (Å²) in [6.07, 6.45) is 4.56. The topological polar surface area (TPSA) is 128 Å². The molecule has 1 atom stereocenters. The van der Waals surface area contributed by atoms with Gasteiger partial charge in [0.2, 0.25) is 17.0 Å². The molecule has 2 aromatic heterocycles. The van der Waals surface area contributed by atoms with E-state index >= 15 is 0 Å². The van der Waals surface area contributed by atoms with Crippen LogP contribution in [0.3, 0.4) is 0 Å². The molecular weight excluding hydrogens is 360 g/mol. The van der Waals surface area contributed by atoms with Gasteiger partial charge in [-0.1, -0.05) is 0 Å². The average molecular weight is 378 g/mol. The van der Waals surface area contributed by atoms with Crippen molar-refractivity contribution in [2.45, 2.75) is 18.5 Å². The number of imide groups is 1. The Morgan fingerprint density at radius 3 is 2.88 bits per heavy atom. The smallest absolute Gasteiger partial charge is 0.254 e. The molecule has 0 aromatic carbocycles. The fourth-order valence-electron chi connectivity index (χ4n) is 2.41. The van der Waals surface area contributed by atoms with E-state index in [0.29, 0.717) is 42.5 Å². The summed E-state index contributed by atoms with van der Waals surface area (Å²) >= 11 is 0. The second-order valence-electron chi connectivity index (χ2n) is 5.47. The third-order valence-corrected chi connectivity index (χ3v) is 4.29. The largest absolute Gasteiger partial charge is 0.380 e. The molecule has 1 unspecified atom stereocenters. The predicted molar refractivity (Wildman–Crippen MR) is 93.8 cm³/mol. The van der Waals surface area contributed by atoms with Crippen molar-refractivity contribution in [3.63, 3.8) is 0 Å². The number of rotatable bonds is 7. The number of aromatic nitrogens is 4. The number of fused-ring (bicyclic) bond motifs is 1. The van der Waals surface area contributed by atoms with Crippen molar-refractivity contribution in [2.24, 2.45) is 0 Å². The van der Waals surface area contributed by atoms with Crippen LogP contribution in [0.2, 0.25) is 0 Å². The summed E-state index contributed by atoms with van der Waals surface area (Å²) in [6, 6.07) is 0. The van der Waals surface area contributed by atoms with Gasteiger partial charge in [0.25, 0.3) is 5.91 Å². The molecule has 1 saturated heterocycles. The van der Waals surface area contributed by atoms with Crippen LogP contribution in [0.4, 0.5) is 5.95 Å². The standard InChI is InChI=1S/C15H18N6O4S/c1-3-25-5-4-16-14-20-15(26(2)24)19-12-10(8-17-21(12)14)6-9-7-11(22)18-13(9)23/h6,8H,3-5,7H2,1-2H3,(H,16,19,20)(H,18,22,23)/b9-6+. The molecule has 26 heavy (non-hydrogen) atoms. The number of hydrogen-bond acceptors (Lipinski definition) is 8. The monoisotopic (exact) mass is 378 g/mol. The van der Waals surface area contributed by atoms with E-state index in [0.717, 1.165) is 0 Å². The second kappa shape index (κ2) is 7.70. The normalized spacial score (nSPS) is 17.1. The second-order valence-corrected chi connectivity index (χ2v) is 6.74. The quantitative estimate of drug-likeness (QED) is 0.383. The highest BCUT2D eigenvalue weighted by molar-refractivity contribution is 7.84. The van der Waals surface area contributed by atoms with Gasteiger partial charge in [-0.15, -0.1) is 0 Å². The molecular formula is C15H18N6O4S. The number of anilines is 1. The van der Waals surface area contributed by atoms with Crippen LogP contribution in [0.1, 0.15) is 18.9 Å². The van der Waals surface area contributed by atoms with Gasteiger partial charge < -0.3 is 10.1 Å². The maximum Gasteiger partial charge on any atom is 0.254 e. The first kappa shape index (κ1) is 18.1. The molecule has 138 valence electrons. The zero-order chi connectivity index (χ0) is 18.7. The molecule has 0 bridgehead atoms. The highest BCUT2D eigenvalue weighted by atomic mass is 32.2. The van der Waals surface area contributed by atoms with Crippen LogP contribution in [0.25, 0.3) is 11.7 Å². The van der Waals surface area contributed by atoms with Crippen molar-refractivity contribution in [2.75, 3.05) is 31.3 Å². The average Bonchev–Trinajstić information content (AvgIpc) is 3.14. The van der Waals surface area contributed by atoms with Crippen LogP contribution in [-0.2, 0) is 25.1 Å². The van der Waals surface area contributed by atoms with E-state index in [4.69, 9.17) is 4.74 Å². The van der Waals surface area contributed by atoms with Crippen molar-refractivity contribution in [1.29, 1.82) is 0 Å². The molecule has 1 aliphatic heterocycles. The van der Waals surface area contributed by atoms with Gasteiger partial charge in [0.1, 0.15) is 0 Å². The van der Waals surface area contributed by atoms with Crippen LogP contribution in [0.15, 0.2) is 16.9 Å². The molecule has 11 heteroatoms. The lowest BCUT2D eigenvalue weighted by atomic mass is 10.1. The summed E-state index contributed by atoms with van der Waals surface area (Å²) in [7, 11) is -1.40. The summed E-state index contributed by atoms with van der Waals surface area (Å²) in [5.74, 6) is -0.407. The molecule has 0 radical (unpaired) electrons. The third kappa shape index (κ3) is 3.78. The van der Waals surface area contributed by atoms with E-state index in [9.17, 15) is 13.8 Å². The van der Waals surface area contributed by atoms with Crippen molar-refractivity contribution in [3.05, 3.63) is 17.3 Å². The Labute approximate surface area is 151 Å². The van der Waals surface area contributed by atoms with Crippen LogP contribution in [0.5, 0.6) is 0 Å². The summed E-state index contributed by atoms with van der Waals surface area (Å²) in [4.78, 5) is 31.6. The molecule has 3 rings (SSSR count). The summed E-state index contributed by atoms with van der Waals surface area (Å²) in [5.41, 5.74) is 1.25. The van der Waals surface area contributed by atoms with Gasteiger partial charge >= 0.3 is 0 Å². The van der Waals surface area contributed by atoms with Gasteiger partial charge in [-0.2, -0.15) is 19.6 Å². The first-order valence-corrected chi connectivity index (χ1v) is 9.51. The van der Waals surface area contributed by atoms with Gasteiger partial charge in [0, 0.05) is 30.5 Å². The highest BCUT2D eigenvalue weighted by Crippen LogP contribution is 2.20. The van der Waals surface area contributed by atoms with Crippen molar-refractivity contribution < 1.29 is 18.5 Å². The number of carbonyl (C=O) groups is 2. The fourth-order valence-corrected chi connectivity index (χ4v) is 2.84. The third-order valence-electron chi connectivity index (χ3n) is 3.59. The van der Waals surface area contributed by atoms with Crippen molar-refractivity contribution in [3.8, 4) is 0 Å². The molecule has 0 spiro atoms. The van der Waals surface area contributed by atoms with E-state index in [1.807, 2.05) is 6.92 Å². The van der Waals surface area contributed by atoms with E-state index < -0.39 is 16.7 Å². The zero-order valence-electron chi connectivity index (χ0n) is 14.3. The zero-order valence-corrected chi connectivity index (χ0v) is 15.1. The van der Waals surface area contributed by atoms with Gasteiger partial charge in [-0.25, -0.2) is 0 Å². The van der Waals surface area contributed by atoms with Gasteiger partial charge in [0.15, 0.2) is 5.65 Å². The Morgan fingerprint density at radius 1 is 1.42 bits per heavy atom. The van der Waals surface area contributed by atoms with Crippen LogP contribution < -0.4 is 10.6 Å². The number of hydrogen-bond donors (Lipinski definition) is 2. The lowest BCUT2D eigenvalue weighted by Crippen LogP contribution is -2.19. The number of nitrogens with zero attached hydrogens (tertiary/aromatic N) is 4. The van der Waals surface area contributed by atoms with E-state index in [-0.39, 0.29) is 17.5 Å². The van der Waals surface area contributed by atoms with Gasteiger partial charge in [0.05, 0.1) is 30.0 Å². The molecule has 2 N–H and O–H groups in total. The number of carbonyl (C=O) groups excluding carboxylic acids is 2. The lowest BCUT2D eigenvalue weighted by Gasteiger charge is -2.08. The minimum atomic E-state index is -1.40. The van der Waals surface area contributed by atoms with Crippen LogP contribution >= 0.6 is 0 Å². The summed E-state index contributed by atoms with van der Waals surface area (Å²) in [5, 5.41) is 9.68. The fraction of sp³-hybridized carbons (Fsp3) is 0.400. The molecule has 0 aliphatic carbocycles. The number of ether oxygens (including phenoxy) is 1. The maximum atomic E-state index is 11.9. The molecule has 2 aromatic rings. The lowest BCUT2D eigenvalue weighted by molar-refractivity contribution is -0.124. The maximum absolute atomic E-state index is 11.9. The van der Waals surface area contributed by atoms with E-state index in [1.165, 1.54) is 17.0 Å².